The third-order valence-electron chi connectivity index (χ3n) is 3.51. The van der Waals surface area contributed by atoms with E-state index in [9.17, 15) is 0 Å². The van der Waals surface area contributed by atoms with E-state index in [2.05, 4.69) is 18.3 Å². The van der Waals surface area contributed by atoms with Gasteiger partial charge < -0.3 is 14.5 Å². The fourth-order valence-corrected chi connectivity index (χ4v) is 2.76. The van der Waals surface area contributed by atoms with E-state index >= 15 is 0 Å². The number of furan rings is 1. The average Bonchev–Trinajstić information content (AvgIpc) is 2.79. The highest BCUT2D eigenvalue weighted by atomic mass is 35.5. The Morgan fingerprint density at radius 1 is 1.24 bits per heavy atom. The van der Waals surface area contributed by atoms with Gasteiger partial charge in [-0.15, -0.1) is 0 Å². The molecule has 0 fully saturated rings. The van der Waals surface area contributed by atoms with Crippen LogP contribution in [0.3, 0.4) is 0 Å². The molecule has 0 aliphatic carbocycles. The predicted molar refractivity (Wildman–Crippen MR) is 86.3 cm³/mol. The van der Waals surface area contributed by atoms with E-state index in [-0.39, 0.29) is 6.04 Å². The van der Waals surface area contributed by atoms with Crippen LogP contribution in [0.4, 0.5) is 0 Å². The third-order valence-corrected chi connectivity index (χ3v) is 3.83. The fraction of sp³-hybridized carbons (Fsp3) is 0.412. The number of hydrogen-bond donors (Lipinski definition) is 1. The lowest BCUT2D eigenvalue weighted by Gasteiger charge is -2.20. The smallest absolute Gasteiger partial charge is 0.120 e. The highest BCUT2D eigenvalue weighted by Crippen LogP contribution is 2.33. The summed E-state index contributed by atoms with van der Waals surface area (Å²) >= 11 is 6.44. The van der Waals surface area contributed by atoms with Crippen molar-refractivity contribution in [2.75, 3.05) is 13.7 Å². The van der Waals surface area contributed by atoms with Gasteiger partial charge in [-0.1, -0.05) is 24.6 Å². The van der Waals surface area contributed by atoms with Crippen LogP contribution in [0.25, 0.3) is 0 Å². The quantitative estimate of drug-likeness (QED) is 0.843. The molecule has 0 radical (unpaired) electrons. The minimum Gasteiger partial charge on any atom is -0.497 e. The molecule has 0 aliphatic heterocycles. The summed E-state index contributed by atoms with van der Waals surface area (Å²) in [4.78, 5) is 0. The molecule has 0 aliphatic rings. The topological polar surface area (TPSA) is 34.4 Å². The van der Waals surface area contributed by atoms with Crippen LogP contribution in [0.1, 0.15) is 42.0 Å². The maximum Gasteiger partial charge on any atom is 0.120 e. The number of methoxy groups -OCH3 is 1. The molecule has 1 aromatic carbocycles. The van der Waals surface area contributed by atoms with Crippen LogP contribution in [0.5, 0.6) is 5.75 Å². The summed E-state index contributed by atoms with van der Waals surface area (Å²) in [6.07, 6.45) is 1.06. The molecule has 1 heterocycles. The fourth-order valence-electron chi connectivity index (χ4n) is 2.48. The van der Waals surface area contributed by atoms with Gasteiger partial charge in [-0.05, 0) is 50.6 Å². The zero-order chi connectivity index (χ0) is 15.4. The first-order valence-corrected chi connectivity index (χ1v) is 7.58. The zero-order valence-corrected chi connectivity index (χ0v) is 13.8. The Balaban J connectivity index is 2.42. The van der Waals surface area contributed by atoms with Gasteiger partial charge in [0.1, 0.15) is 17.3 Å². The molecule has 1 N–H and O–H groups in total. The summed E-state index contributed by atoms with van der Waals surface area (Å²) in [6, 6.07) is 7.89. The molecule has 2 rings (SSSR count). The molecule has 3 nitrogen and oxygen atoms in total. The van der Waals surface area contributed by atoms with Crippen molar-refractivity contribution in [2.24, 2.45) is 0 Å². The van der Waals surface area contributed by atoms with Crippen molar-refractivity contribution in [1.29, 1.82) is 0 Å². The van der Waals surface area contributed by atoms with E-state index in [1.165, 1.54) is 0 Å². The number of hydrogen-bond acceptors (Lipinski definition) is 3. The van der Waals surface area contributed by atoms with Crippen LogP contribution in [0.2, 0.25) is 5.02 Å². The maximum absolute atomic E-state index is 6.44. The molecule has 1 aromatic heterocycles. The Hall–Kier alpha value is -1.45. The third kappa shape index (κ3) is 3.60. The van der Waals surface area contributed by atoms with Gasteiger partial charge in [0.25, 0.3) is 0 Å². The Bertz CT molecular complexity index is 607. The second kappa shape index (κ2) is 7.01. The van der Waals surface area contributed by atoms with Crippen LogP contribution in [0, 0.1) is 13.8 Å². The standard InChI is InChI=1S/C17H22ClNO2/c1-5-8-19-17(15-9-11(2)21-12(15)3)14-7-6-13(20-4)10-16(14)18/h6-7,9-10,17,19H,5,8H2,1-4H3. The Morgan fingerprint density at radius 2 is 2.00 bits per heavy atom. The van der Waals surface area contributed by atoms with Crippen LogP contribution in [-0.4, -0.2) is 13.7 Å². The maximum atomic E-state index is 6.44. The van der Waals surface area contributed by atoms with Crippen LogP contribution in [0.15, 0.2) is 28.7 Å². The second-order valence-electron chi connectivity index (χ2n) is 5.14. The summed E-state index contributed by atoms with van der Waals surface area (Å²) in [7, 11) is 1.64. The molecule has 1 atom stereocenters. The summed E-state index contributed by atoms with van der Waals surface area (Å²) in [5.41, 5.74) is 2.17. The van der Waals surface area contributed by atoms with Gasteiger partial charge in [-0.25, -0.2) is 0 Å². The van der Waals surface area contributed by atoms with Gasteiger partial charge >= 0.3 is 0 Å². The summed E-state index contributed by atoms with van der Waals surface area (Å²) in [5.74, 6) is 2.60. The van der Waals surface area contributed by atoms with E-state index in [0.29, 0.717) is 5.02 Å². The van der Waals surface area contributed by atoms with E-state index in [1.54, 1.807) is 7.11 Å². The van der Waals surface area contributed by atoms with E-state index in [0.717, 1.165) is 41.4 Å². The lowest BCUT2D eigenvalue weighted by molar-refractivity contribution is 0.414. The monoisotopic (exact) mass is 307 g/mol. The molecule has 114 valence electrons. The Kier molecular flexibility index (Phi) is 5.32. The molecule has 2 aromatic rings. The second-order valence-corrected chi connectivity index (χ2v) is 5.55. The van der Waals surface area contributed by atoms with Gasteiger partial charge in [-0.2, -0.15) is 0 Å². The molecule has 0 saturated carbocycles. The van der Waals surface area contributed by atoms with Crippen LogP contribution in [-0.2, 0) is 0 Å². The molecule has 0 saturated heterocycles. The minimum absolute atomic E-state index is 0.0285. The van der Waals surface area contributed by atoms with Gasteiger partial charge in [0.15, 0.2) is 0 Å². The number of ether oxygens (including phenoxy) is 1. The van der Waals surface area contributed by atoms with Crippen molar-refractivity contribution in [2.45, 2.75) is 33.2 Å². The first kappa shape index (κ1) is 15.9. The van der Waals surface area contributed by atoms with Crippen molar-refractivity contribution in [3.8, 4) is 5.75 Å². The summed E-state index contributed by atoms with van der Waals surface area (Å²) < 4.78 is 10.9. The Morgan fingerprint density at radius 3 is 2.52 bits per heavy atom. The SMILES string of the molecule is CCCNC(c1ccc(OC)cc1Cl)c1cc(C)oc1C. The van der Waals surface area contributed by atoms with E-state index < -0.39 is 0 Å². The summed E-state index contributed by atoms with van der Waals surface area (Å²) in [6.45, 7) is 7.01. The highest BCUT2D eigenvalue weighted by Gasteiger charge is 2.21. The molecular formula is C17H22ClNO2. The van der Waals surface area contributed by atoms with Crippen LogP contribution < -0.4 is 10.1 Å². The van der Waals surface area contributed by atoms with Gasteiger partial charge in [0, 0.05) is 10.6 Å². The molecule has 1 unspecified atom stereocenters. The molecule has 21 heavy (non-hydrogen) atoms. The number of nitrogens with one attached hydrogen (secondary N) is 1. The minimum atomic E-state index is 0.0285. The first-order valence-electron chi connectivity index (χ1n) is 7.20. The molecule has 4 heteroatoms. The lowest BCUT2D eigenvalue weighted by atomic mass is 9.98. The van der Waals surface area contributed by atoms with Gasteiger partial charge in [-0.3, -0.25) is 0 Å². The highest BCUT2D eigenvalue weighted by molar-refractivity contribution is 6.31. The van der Waals surface area contributed by atoms with E-state index in [1.807, 2.05) is 32.0 Å². The van der Waals surface area contributed by atoms with Gasteiger partial charge in [0.05, 0.1) is 13.2 Å². The molecule has 0 amide bonds. The zero-order valence-electron chi connectivity index (χ0n) is 13.0. The van der Waals surface area contributed by atoms with Crippen LogP contribution >= 0.6 is 11.6 Å². The van der Waals surface area contributed by atoms with Crippen molar-refractivity contribution < 1.29 is 9.15 Å². The molecule has 0 spiro atoms. The number of rotatable bonds is 6. The number of benzene rings is 1. The Labute approximate surface area is 131 Å². The summed E-state index contributed by atoms with van der Waals surface area (Å²) in [5, 5.41) is 4.24. The number of halogens is 1. The van der Waals surface area contributed by atoms with E-state index in [4.69, 9.17) is 20.8 Å². The lowest BCUT2D eigenvalue weighted by Crippen LogP contribution is -2.23. The average molecular weight is 308 g/mol. The van der Waals surface area contributed by atoms with Crippen molar-refractivity contribution in [3.63, 3.8) is 0 Å². The van der Waals surface area contributed by atoms with Crippen molar-refractivity contribution in [1.82, 2.24) is 5.32 Å². The molecule has 0 bridgehead atoms. The normalized spacial score (nSPS) is 12.4. The first-order chi connectivity index (χ1) is 10.1. The molecular weight excluding hydrogens is 286 g/mol. The van der Waals surface area contributed by atoms with Crippen molar-refractivity contribution in [3.05, 3.63) is 51.9 Å². The largest absolute Gasteiger partial charge is 0.497 e. The predicted octanol–water partition coefficient (Wildman–Crippen LogP) is 4.65. The van der Waals surface area contributed by atoms with Crippen molar-refractivity contribution >= 4 is 11.6 Å². The number of aryl methyl sites for hydroxylation is 2. The van der Waals surface area contributed by atoms with Gasteiger partial charge in [0.2, 0.25) is 0 Å².